The Morgan fingerprint density at radius 2 is 1.55 bits per heavy atom. The summed E-state index contributed by atoms with van der Waals surface area (Å²) in [5.74, 6) is 0. The van der Waals surface area contributed by atoms with E-state index < -0.39 is 0 Å². The summed E-state index contributed by atoms with van der Waals surface area (Å²) in [5.41, 5.74) is 2.23. The molecule has 0 amide bonds. The van der Waals surface area contributed by atoms with E-state index >= 15 is 0 Å². The van der Waals surface area contributed by atoms with Crippen molar-refractivity contribution in [2.75, 3.05) is 0 Å². The van der Waals surface area contributed by atoms with Gasteiger partial charge in [-0.2, -0.15) is 0 Å². The molecule has 0 aliphatic heterocycles. The van der Waals surface area contributed by atoms with Gasteiger partial charge < -0.3 is 0 Å². The van der Waals surface area contributed by atoms with Gasteiger partial charge in [0, 0.05) is 0 Å². The smallest absolute Gasteiger partial charge is 0.0233 e. The molecule has 0 saturated carbocycles. The Morgan fingerprint density at radius 3 is 1.91 bits per heavy atom. The number of rotatable bonds is 4. The van der Waals surface area contributed by atoms with Crippen molar-refractivity contribution in [3.05, 3.63) is 61.3 Å². The lowest BCUT2D eigenvalue weighted by atomic mass is 10.1. The molecule has 0 nitrogen and oxygen atoms in total. The van der Waals surface area contributed by atoms with Crippen molar-refractivity contribution < 1.29 is 0 Å². The molecule has 0 aliphatic rings. The average molecular weight is 146 g/mol. The van der Waals surface area contributed by atoms with Gasteiger partial charge in [0.1, 0.15) is 0 Å². The second kappa shape index (κ2) is 5.48. The van der Waals surface area contributed by atoms with Crippen molar-refractivity contribution in [1.29, 1.82) is 0 Å². The van der Waals surface area contributed by atoms with Crippen LogP contribution < -0.4 is 0 Å². The zero-order chi connectivity index (χ0) is 8.69. The van der Waals surface area contributed by atoms with Crippen LogP contribution in [-0.4, -0.2) is 0 Å². The van der Waals surface area contributed by atoms with Crippen molar-refractivity contribution in [1.82, 2.24) is 0 Å². The third-order valence-electron chi connectivity index (χ3n) is 1.34. The molecule has 0 heterocycles. The molecule has 0 unspecified atom stereocenters. The first-order valence-electron chi connectivity index (χ1n) is 3.51. The van der Waals surface area contributed by atoms with Gasteiger partial charge in [-0.25, -0.2) is 0 Å². The first-order chi connectivity index (χ1) is 5.26. The summed E-state index contributed by atoms with van der Waals surface area (Å²) >= 11 is 0. The molecule has 0 rings (SSSR count). The van der Waals surface area contributed by atoms with Crippen LogP contribution in [0, 0.1) is 0 Å². The van der Waals surface area contributed by atoms with E-state index in [2.05, 4.69) is 19.7 Å². The second-order valence-electron chi connectivity index (χ2n) is 2.15. The average Bonchev–Trinajstić information content (AvgIpc) is 2.00. The first kappa shape index (κ1) is 9.70. The lowest BCUT2D eigenvalue weighted by molar-refractivity contribution is 1.43. The summed E-state index contributed by atoms with van der Waals surface area (Å²) in [5, 5.41) is 0. The Kier molecular flexibility index (Phi) is 4.83. The maximum Gasteiger partial charge on any atom is -0.0233 e. The monoisotopic (exact) mass is 146 g/mol. The van der Waals surface area contributed by atoms with Gasteiger partial charge in [-0.3, -0.25) is 0 Å². The van der Waals surface area contributed by atoms with E-state index in [0.717, 1.165) is 11.1 Å². The highest BCUT2D eigenvalue weighted by Crippen LogP contribution is 2.09. The molecule has 11 heavy (non-hydrogen) atoms. The van der Waals surface area contributed by atoms with Crippen LogP contribution in [0.1, 0.15) is 6.92 Å². The van der Waals surface area contributed by atoms with E-state index in [1.165, 1.54) is 0 Å². The van der Waals surface area contributed by atoms with Crippen LogP contribution in [0.25, 0.3) is 0 Å². The number of hydrogen-bond acceptors (Lipinski definition) is 0. The summed E-state index contributed by atoms with van der Waals surface area (Å²) in [6.07, 6.45) is 9.17. The fraction of sp³-hybridized carbons (Fsp3) is 0.0909. The van der Waals surface area contributed by atoms with E-state index in [-0.39, 0.29) is 0 Å². The maximum atomic E-state index is 3.69. The van der Waals surface area contributed by atoms with Crippen molar-refractivity contribution >= 4 is 0 Å². The van der Waals surface area contributed by atoms with Crippen LogP contribution in [0.4, 0.5) is 0 Å². The Balaban J connectivity index is 4.63. The summed E-state index contributed by atoms with van der Waals surface area (Å²) in [6, 6.07) is 0. The molecule has 0 aliphatic carbocycles. The molecule has 0 aromatic carbocycles. The molecule has 0 spiro atoms. The Morgan fingerprint density at radius 1 is 1.00 bits per heavy atom. The predicted octanol–water partition coefficient (Wildman–Crippen LogP) is 3.42. The molecule has 0 bridgehead atoms. The van der Waals surface area contributed by atoms with Gasteiger partial charge in [-0.15, -0.1) is 0 Å². The second-order valence-corrected chi connectivity index (χ2v) is 2.15. The summed E-state index contributed by atoms with van der Waals surface area (Å²) in [7, 11) is 0. The molecule has 0 N–H and O–H groups in total. The fourth-order valence-corrected chi connectivity index (χ4v) is 0.760. The molecule has 0 radical (unpaired) electrons. The largest absolute Gasteiger partial charge is 0.0991 e. The summed E-state index contributed by atoms with van der Waals surface area (Å²) < 4.78 is 0. The lowest BCUT2D eigenvalue weighted by Crippen LogP contribution is -1.78. The Labute approximate surface area is 68.9 Å². The van der Waals surface area contributed by atoms with Gasteiger partial charge in [-0.1, -0.05) is 50.1 Å². The van der Waals surface area contributed by atoms with Crippen LogP contribution >= 0.6 is 0 Å². The van der Waals surface area contributed by atoms with Crippen LogP contribution in [0.15, 0.2) is 61.3 Å². The quantitative estimate of drug-likeness (QED) is 0.533. The molecule has 0 atom stereocenters. The van der Waals surface area contributed by atoms with Crippen molar-refractivity contribution in [3.63, 3.8) is 0 Å². The van der Waals surface area contributed by atoms with Crippen LogP contribution in [0.5, 0.6) is 0 Å². The summed E-state index contributed by atoms with van der Waals surface area (Å²) in [6.45, 7) is 12.9. The van der Waals surface area contributed by atoms with Gasteiger partial charge >= 0.3 is 0 Å². The summed E-state index contributed by atoms with van der Waals surface area (Å²) in [4.78, 5) is 0. The van der Waals surface area contributed by atoms with Gasteiger partial charge in [-0.05, 0) is 18.1 Å². The Hall–Kier alpha value is -1.30. The van der Waals surface area contributed by atoms with Gasteiger partial charge in [0.05, 0.1) is 0 Å². The molecule has 0 heteroatoms. The first-order valence-corrected chi connectivity index (χ1v) is 3.51. The topological polar surface area (TPSA) is 0 Å². The van der Waals surface area contributed by atoms with Crippen LogP contribution in [-0.2, 0) is 0 Å². The molecule has 58 valence electrons. The fourth-order valence-electron chi connectivity index (χ4n) is 0.760. The van der Waals surface area contributed by atoms with E-state index in [4.69, 9.17) is 0 Å². The van der Waals surface area contributed by atoms with Crippen molar-refractivity contribution in [3.8, 4) is 0 Å². The highest BCUT2D eigenvalue weighted by atomic mass is 13.9. The zero-order valence-electron chi connectivity index (χ0n) is 7.01. The Bertz CT molecular complexity index is 214. The minimum atomic E-state index is 1.08. The number of allylic oxidation sites excluding steroid dienone is 7. The van der Waals surface area contributed by atoms with E-state index in [1.54, 1.807) is 18.2 Å². The van der Waals surface area contributed by atoms with Gasteiger partial charge in [0.2, 0.25) is 0 Å². The van der Waals surface area contributed by atoms with Crippen LogP contribution in [0.3, 0.4) is 0 Å². The van der Waals surface area contributed by atoms with E-state index in [0.29, 0.717) is 0 Å². The lowest BCUT2D eigenvalue weighted by Gasteiger charge is -1.98. The molecular weight excluding hydrogens is 132 g/mol. The molecule has 0 fully saturated rings. The van der Waals surface area contributed by atoms with Gasteiger partial charge in [0.25, 0.3) is 0 Å². The number of hydrogen-bond donors (Lipinski definition) is 0. The minimum absolute atomic E-state index is 1.08. The highest BCUT2D eigenvalue weighted by Gasteiger charge is 1.89. The third-order valence-corrected chi connectivity index (χ3v) is 1.34. The highest BCUT2D eigenvalue weighted by molar-refractivity contribution is 5.40. The van der Waals surface area contributed by atoms with E-state index in [1.807, 2.05) is 19.1 Å². The predicted molar refractivity (Wildman–Crippen MR) is 52.4 cm³/mol. The SMILES string of the molecule is C=C/C=C(C)/C(C=C)=C/C=C. The molecular formula is C11H14. The normalized spacial score (nSPS) is 12.5. The van der Waals surface area contributed by atoms with Gasteiger partial charge in [0.15, 0.2) is 0 Å². The standard InChI is InChI=1S/C11H14/c1-5-8-10(4)11(7-3)9-6-2/h5-9H,1-3H2,4H3/b10-8+,11-9+. The maximum absolute atomic E-state index is 3.69. The minimum Gasteiger partial charge on any atom is -0.0991 e. The molecule has 0 aromatic heterocycles. The zero-order valence-corrected chi connectivity index (χ0v) is 7.01. The molecule has 0 saturated heterocycles. The van der Waals surface area contributed by atoms with Crippen LogP contribution in [0.2, 0.25) is 0 Å². The van der Waals surface area contributed by atoms with Crippen molar-refractivity contribution in [2.24, 2.45) is 0 Å². The third kappa shape index (κ3) is 3.41. The molecule has 0 aromatic rings. The van der Waals surface area contributed by atoms with E-state index in [9.17, 15) is 0 Å². The van der Waals surface area contributed by atoms with Crippen molar-refractivity contribution in [2.45, 2.75) is 6.92 Å².